The summed E-state index contributed by atoms with van der Waals surface area (Å²) < 4.78 is 5.84. The summed E-state index contributed by atoms with van der Waals surface area (Å²) in [6.45, 7) is 9.26. The lowest BCUT2D eigenvalue weighted by Gasteiger charge is -2.24. The number of hydrogen-bond donors (Lipinski definition) is 1. The fraction of sp³-hybridized carbons (Fsp3) is 0.360. The van der Waals surface area contributed by atoms with Crippen molar-refractivity contribution in [3.8, 4) is 5.75 Å². The van der Waals surface area contributed by atoms with Gasteiger partial charge in [-0.3, -0.25) is 4.99 Å². The highest BCUT2D eigenvalue weighted by atomic mass is 16.5. The zero-order valence-electron chi connectivity index (χ0n) is 17.7. The van der Waals surface area contributed by atoms with Crippen molar-refractivity contribution in [2.45, 2.75) is 52.4 Å². The van der Waals surface area contributed by atoms with E-state index < -0.39 is 5.97 Å². The second-order valence-corrected chi connectivity index (χ2v) is 8.36. The quantitative estimate of drug-likeness (QED) is 0.670. The van der Waals surface area contributed by atoms with Crippen molar-refractivity contribution in [2.75, 3.05) is 6.61 Å². The molecule has 2 aromatic carbocycles. The Bertz CT molecular complexity index is 947. The van der Waals surface area contributed by atoms with Crippen LogP contribution in [0, 0.1) is 0 Å². The number of nitrogens with zero attached hydrogens (tertiary/aromatic N) is 1. The Kier molecular flexibility index (Phi) is 6.21. The molecule has 0 unspecified atom stereocenters. The highest BCUT2D eigenvalue weighted by molar-refractivity contribution is 6.02. The molecular formula is C25H29NO3. The molecule has 0 spiro atoms. The molecule has 2 aromatic rings. The van der Waals surface area contributed by atoms with E-state index in [1.807, 2.05) is 25.3 Å². The number of benzene rings is 2. The highest BCUT2D eigenvalue weighted by Gasteiger charge is 2.21. The van der Waals surface area contributed by atoms with Crippen LogP contribution in [0.25, 0.3) is 5.57 Å². The Labute approximate surface area is 173 Å². The topological polar surface area (TPSA) is 58.9 Å². The van der Waals surface area contributed by atoms with Crippen LogP contribution >= 0.6 is 0 Å². The summed E-state index contributed by atoms with van der Waals surface area (Å²) in [5.41, 5.74) is 5.87. The first-order valence-electron chi connectivity index (χ1n) is 10.2. The fourth-order valence-electron chi connectivity index (χ4n) is 3.57. The van der Waals surface area contributed by atoms with Gasteiger partial charge >= 0.3 is 5.97 Å². The fourth-order valence-corrected chi connectivity index (χ4v) is 3.57. The van der Waals surface area contributed by atoms with Gasteiger partial charge in [-0.1, -0.05) is 39.0 Å². The molecule has 1 N–H and O–H groups in total. The number of aliphatic imine (C=N–C) groups is 1. The molecule has 1 heterocycles. The number of carboxylic acids is 1. The third kappa shape index (κ3) is 4.94. The average Bonchev–Trinajstić information content (AvgIpc) is 2.94. The van der Waals surface area contributed by atoms with Gasteiger partial charge in [0.25, 0.3) is 0 Å². The summed E-state index contributed by atoms with van der Waals surface area (Å²) in [6.07, 6.45) is 4.80. The van der Waals surface area contributed by atoms with E-state index in [-0.39, 0.29) is 5.41 Å². The third-order valence-electron chi connectivity index (χ3n) is 5.16. The summed E-state index contributed by atoms with van der Waals surface area (Å²) in [5, 5.41) is 9.08. The molecule has 4 heteroatoms. The number of ether oxygens (including phenoxy) is 1. The summed E-state index contributed by atoms with van der Waals surface area (Å²) in [6, 6.07) is 13.4. The molecule has 0 saturated heterocycles. The lowest BCUT2D eigenvalue weighted by atomic mass is 9.84. The van der Waals surface area contributed by atoms with Crippen molar-refractivity contribution in [1.82, 2.24) is 0 Å². The zero-order chi connectivity index (χ0) is 21.0. The first-order chi connectivity index (χ1) is 13.8. The van der Waals surface area contributed by atoms with Gasteiger partial charge < -0.3 is 9.84 Å². The van der Waals surface area contributed by atoms with E-state index in [1.54, 1.807) is 12.1 Å². The molecule has 0 aliphatic carbocycles. The van der Waals surface area contributed by atoms with E-state index in [0.717, 1.165) is 36.3 Å². The summed E-state index contributed by atoms with van der Waals surface area (Å²) in [4.78, 5) is 15.8. The van der Waals surface area contributed by atoms with Crippen LogP contribution in [0.4, 0.5) is 0 Å². The normalized spacial score (nSPS) is 14.6. The maximum atomic E-state index is 11.1. The third-order valence-corrected chi connectivity index (χ3v) is 5.16. The molecule has 3 rings (SSSR count). The van der Waals surface area contributed by atoms with Crippen molar-refractivity contribution in [3.05, 3.63) is 70.9 Å². The van der Waals surface area contributed by atoms with Crippen LogP contribution in [0.2, 0.25) is 0 Å². The molecule has 0 aromatic heterocycles. The van der Waals surface area contributed by atoms with Gasteiger partial charge in [0.1, 0.15) is 5.75 Å². The first-order valence-corrected chi connectivity index (χ1v) is 10.2. The highest BCUT2D eigenvalue weighted by Crippen LogP contribution is 2.35. The number of rotatable bonds is 5. The smallest absolute Gasteiger partial charge is 0.335 e. The van der Waals surface area contributed by atoms with E-state index >= 15 is 0 Å². The number of aromatic carboxylic acids is 1. The van der Waals surface area contributed by atoms with Crippen LogP contribution in [0.15, 0.2) is 53.7 Å². The molecule has 0 atom stereocenters. The molecule has 1 aliphatic heterocycles. The van der Waals surface area contributed by atoms with Crippen LogP contribution in [0.3, 0.4) is 0 Å². The molecule has 1 aliphatic rings. The predicted octanol–water partition coefficient (Wildman–Crippen LogP) is 6.10. The monoisotopic (exact) mass is 391 g/mol. The minimum Gasteiger partial charge on any atom is -0.494 e. The predicted molar refractivity (Wildman–Crippen MR) is 118 cm³/mol. The Morgan fingerprint density at radius 2 is 1.76 bits per heavy atom. The number of hydrogen-bond acceptors (Lipinski definition) is 3. The van der Waals surface area contributed by atoms with Gasteiger partial charge in [0.2, 0.25) is 0 Å². The summed E-state index contributed by atoms with van der Waals surface area (Å²) in [5.74, 6) is 0.0346. The maximum absolute atomic E-state index is 11.1. The van der Waals surface area contributed by atoms with E-state index in [4.69, 9.17) is 14.8 Å². The van der Waals surface area contributed by atoms with E-state index in [1.165, 1.54) is 16.7 Å². The van der Waals surface area contributed by atoms with Crippen molar-refractivity contribution >= 4 is 17.3 Å². The summed E-state index contributed by atoms with van der Waals surface area (Å²) in [7, 11) is 0. The maximum Gasteiger partial charge on any atom is 0.335 e. The lowest BCUT2D eigenvalue weighted by molar-refractivity contribution is 0.0697. The van der Waals surface area contributed by atoms with Gasteiger partial charge in [-0.05, 0) is 72.6 Å². The van der Waals surface area contributed by atoms with Crippen molar-refractivity contribution < 1.29 is 14.6 Å². The van der Waals surface area contributed by atoms with Crippen LogP contribution in [0.1, 0.15) is 74.0 Å². The SMILES string of the molecule is CCOc1ccc(C2=CN=C(c3ccc(C(=O)O)cc3)CCC2)cc1C(C)(C)C. The van der Waals surface area contributed by atoms with E-state index in [2.05, 4.69) is 39.0 Å². The second-order valence-electron chi connectivity index (χ2n) is 8.36. The molecular weight excluding hydrogens is 362 g/mol. The van der Waals surface area contributed by atoms with Gasteiger partial charge in [-0.2, -0.15) is 0 Å². The van der Waals surface area contributed by atoms with Gasteiger partial charge in [0.15, 0.2) is 0 Å². The number of allylic oxidation sites excluding steroid dienone is 1. The van der Waals surface area contributed by atoms with E-state index in [0.29, 0.717) is 12.2 Å². The minimum atomic E-state index is -0.910. The average molecular weight is 392 g/mol. The van der Waals surface area contributed by atoms with Crippen molar-refractivity contribution in [3.63, 3.8) is 0 Å². The molecule has 0 bridgehead atoms. The zero-order valence-corrected chi connectivity index (χ0v) is 17.7. The Balaban J connectivity index is 1.92. The summed E-state index contributed by atoms with van der Waals surface area (Å²) >= 11 is 0. The second kappa shape index (κ2) is 8.64. The van der Waals surface area contributed by atoms with Crippen molar-refractivity contribution in [1.29, 1.82) is 0 Å². The number of carboxylic acid groups (broad SMARTS) is 1. The Hall–Kier alpha value is -2.88. The molecule has 152 valence electrons. The molecule has 0 saturated carbocycles. The van der Waals surface area contributed by atoms with Crippen LogP contribution in [0.5, 0.6) is 5.75 Å². The number of carbonyl (C=O) groups is 1. The van der Waals surface area contributed by atoms with Crippen LogP contribution in [-0.4, -0.2) is 23.4 Å². The van der Waals surface area contributed by atoms with Gasteiger partial charge in [-0.15, -0.1) is 0 Å². The van der Waals surface area contributed by atoms with Gasteiger partial charge in [0.05, 0.1) is 12.2 Å². The van der Waals surface area contributed by atoms with Crippen molar-refractivity contribution in [2.24, 2.45) is 4.99 Å². The largest absolute Gasteiger partial charge is 0.494 e. The van der Waals surface area contributed by atoms with E-state index in [9.17, 15) is 4.79 Å². The standard InChI is InChI=1S/C25H29NO3/c1-5-29-23-14-13-19(15-21(23)25(2,3)4)20-7-6-8-22(26-16-20)17-9-11-18(12-10-17)24(27)28/h9-16H,5-8H2,1-4H3,(H,27,28). The van der Waals surface area contributed by atoms with Gasteiger partial charge in [-0.25, -0.2) is 4.79 Å². The molecule has 29 heavy (non-hydrogen) atoms. The lowest BCUT2D eigenvalue weighted by Crippen LogP contribution is -2.14. The van der Waals surface area contributed by atoms with Crippen LogP contribution < -0.4 is 4.74 Å². The molecule has 4 nitrogen and oxygen atoms in total. The van der Waals surface area contributed by atoms with Crippen LogP contribution in [-0.2, 0) is 5.41 Å². The first kappa shape index (κ1) is 20.8. The molecule has 0 fully saturated rings. The Morgan fingerprint density at radius 1 is 1.07 bits per heavy atom. The van der Waals surface area contributed by atoms with Gasteiger partial charge in [0, 0.05) is 17.5 Å². The Morgan fingerprint density at radius 3 is 2.38 bits per heavy atom. The molecule has 0 radical (unpaired) electrons. The molecule has 0 amide bonds. The minimum absolute atomic E-state index is 0.00782.